The molecule has 4 rings (SSSR count). The van der Waals surface area contributed by atoms with Gasteiger partial charge in [0.05, 0.1) is 29.9 Å². The van der Waals surface area contributed by atoms with E-state index in [9.17, 15) is 39.5 Å². The minimum absolute atomic E-state index is 0.00532. The van der Waals surface area contributed by atoms with Gasteiger partial charge >= 0.3 is 18.5 Å². The van der Waals surface area contributed by atoms with Gasteiger partial charge in [0.15, 0.2) is 0 Å². The van der Waals surface area contributed by atoms with Gasteiger partial charge in [-0.15, -0.1) is 5.10 Å². The molecule has 2 atom stereocenters. The molecule has 1 heterocycles. The number of tetrazole rings is 1. The highest BCUT2D eigenvalue weighted by molar-refractivity contribution is 5.42. The first-order valence-corrected chi connectivity index (χ1v) is 13.9. The monoisotopic (exact) mass is 625 g/mol. The summed E-state index contributed by atoms with van der Waals surface area (Å²) in [6, 6.07) is 1.18. The maximum absolute atomic E-state index is 13.9. The number of hydrogen-bond acceptors (Lipinski definition) is 5. The molecule has 1 fully saturated rings. The van der Waals surface area contributed by atoms with Gasteiger partial charge in [-0.05, 0) is 72.7 Å². The predicted octanol–water partition coefficient (Wildman–Crippen LogP) is 7.67. The van der Waals surface area contributed by atoms with Gasteiger partial charge in [0.1, 0.15) is 0 Å². The molecule has 2 aliphatic carbocycles. The Hall–Kier alpha value is -3.10. The van der Waals surface area contributed by atoms with E-state index in [-0.39, 0.29) is 42.0 Å². The number of hydrogen-bond donors (Lipinski definition) is 0. The van der Waals surface area contributed by atoms with Crippen molar-refractivity contribution in [3.05, 3.63) is 58.2 Å². The van der Waals surface area contributed by atoms with E-state index in [0.29, 0.717) is 18.7 Å². The minimum atomic E-state index is -5.07. The molecule has 0 aliphatic heterocycles. The van der Waals surface area contributed by atoms with E-state index in [4.69, 9.17) is 4.74 Å². The zero-order valence-corrected chi connectivity index (χ0v) is 23.5. The molecular formula is C28H32F9N5O. The van der Waals surface area contributed by atoms with Crippen LogP contribution >= 0.6 is 0 Å². The fourth-order valence-corrected chi connectivity index (χ4v) is 5.86. The molecule has 2 aromatic rings. The number of alkyl halides is 9. The van der Waals surface area contributed by atoms with E-state index >= 15 is 0 Å². The maximum atomic E-state index is 13.9. The molecule has 6 nitrogen and oxygen atoms in total. The number of rotatable bonds is 9. The lowest BCUT2D eigenvalue weighted by Crippen LogP contribution is -2.39. The van der Waals surface area contributed by atoms with Crippen molar-refractivity contribution >= 4 is 5.95 Å². The SMILES string of the molecule is CCO[C@@H](C1CCCCC1)C1CC=C(C(F)(F)F)C=C1CN(Cc1cc(C(F)(F)F)cc(C(F)(F)F)c1)c1nnn(C)n1. The fourth-order valence-electron chi connectivity index (χ4n) is 5.86. The molecular weight excluding hydrogens is 593 g/mol. The highest BCUT2D eigenvalue weighted by atomic mass is 19.4. The van der Waals surface area contributed by atoms with Crippen LogP contribution in [0.2, 0.25) is 0 Å². The van der Waals surface area contributed by atoms with Crippen molar-refractivity contribution in [2.75, 3.05) is 18.1 Å². The normalized spacial score (nSPS) is 19.7. The van der Waals surface area contributed by atoms with Crippen LogP contribution in [-0.2, 0) is 30.7 Å². The molecule has 0 spiro atoms. The number of ether oxygens (including phenoxy) is 1. The van der Waals surface area contributed by atoms with Crippen molar-refractivity contribution in [1.29, 1.82) is 0 Å². The Morgan fingerprint density at radius 1 is 0.907 bits per heavy atom. The molecule has 1 aromatic heterocycles. The van der Waals surface area contributed by atoms with Crippen LogP contribution in [-0.4, -0.2) is 45.6 Å². The summed E-state index contributed by atoms with van der Waals surface area (Å²) in [5.74, 6) is -0.591. The Morgan fingerprint density at radius 3 is 2.05 bits per heavy atom. The Morgan fingerprint density at radius 2 is 1.53 bits per heavy atom. The second-order valence-electron chi connectivity index (χ2n) is 10.9. The van der Waals surface area contributed by atoms with Crippen molar-refractivity contribution in [3.63, 3.8) is 0 Å². The van der Waals surface area contributed by atoms with Gasteiger partial charge in [-0.25, -0.2) is 0 Å². The maximum Gasteiger partial charge on any atom is 0.416 e. The first kappa shape index (κ1) is 32.8. The fraction of sp³-hybridized carbons (Fsp3) is 0.607. The molecule has 0 N–H and O–H groups in total. The third kappa shape index (κ3) is 8.30. The molecule has 0 saturated heterocycles. The molecule has 238 valence electrons. The summed E-state index contributed by atoms with van der Waals surface area (Å²) >= 11 is 0. The van der Waals surface area contributed by atoms with Crippen molar-refractivity contribution in [2.24, 2.45) is 18.9 Å². The molecule has 1 unspecified atom stereocenters. The number of allylic oxidation sites excluding steroid dienone is 3. The second-order valence-corrected chi connectivity index (χ2v) is 10.9. The van der Waals surface area contributed by atoms with E-state index in [1.807, 2.05) is 0 Å². The number of anilines is 1. The molecule has 0 amide bonds. The zero-order valence-electron chi connectivity index (χ0n) is 23.5. The molecule has 1 aromatic carbocycles. The highest BCUT2D eigenvalue weighted by Crippen LogP contribution is 2.42. The van der Waals surface area contributed by atoms with Crippen LogP contribution in [0, 0.1) is 11.8 Å². The Labute approximate surface area is 242 Å². The molecule has 2 aliphatic rings. The summed E-state index contributed by atoms with van der Waals surface area (Å²) in [5, 5.41) is 11.6. The Bertz CT molecular complexity index is 1270. The summed E-state index contributed by atoms with van der Waals surface area (Å²) in [5.41, 5.74) is -3.99. The molecule has 43 heavy (non-hydrogen) atoms. The number of aromatic nitrogens is 4. The third-order valence-corrected chi connectivity index (χ3v) is 7.78. The summed E-state index contributed by atoms with van der Waals surface area (Å²) in [6.07, 6.45) is -8.49. The third-order valence-electron chi connectivity index (χ3n) is 7.78. The van der Waals surface area contributed by atoms with Gasteiger partial charge < -0.3 is 9.64 Å². The van der Waals surface area contributed by atoms with Crippen molar-refractivity contribution < 1.29 is 44.3 Å². The first-order valence-electron chi connectivity index (χ1n) is 13.9. The van der Waals surface area contributed by atoms with Crippen molar-refractivity contribution in [3.8, 4) is 0 Å². The van der Waals surface area contributed by atoms with E-state index in [1.54, 1.807) is 6.92 Å². The smallest absolute Gasteiger partial charge is 0.378 e. The largest absolute Gasteiger partial charge is 0.416 e. The second kappa shape index (κ2) is 12.9. The van der Waals surface area contributed by atoms with E-state index in [2.05, 4.69) is 15.4 Å². The van der Waals surface area contributed by atoms with Gasteiger partial charge in [0, 0.05) is 25.6 Å². The van der Waals surface area contributed by atoms with Gasteiger partial charge in [0.25, 0.3) is 5.95 Å². The summed E-state index contributed by atoms with van der Waals surface area (Å²) in [7, 11) is 1.40. The first-order chi connectivity index (χ1) is 20.1. The Balaban J connectivity index is 1.76. The van der Waals surface area contributed by atoms with Crippen LogP contribution in [0.3, 0.4) is 0 Å². The summed E-state index contributed by atoms with van der Waals surface area (Å²) in [4.78, 5) is 2.28. The van der Waals surface area contributed by atoms with Crippen LogP contribution in [0.15, 0.2) is 41.5 Å². The average Bonchev–Trinajstić information content (AvgIpc) is 3.36. The lowest BCUT2D eigenvalue weighted by Gasteiger charge is -2.39. The number of aryl methyl sites for hydroxylation is 1. The summed E-state index contributed by atoms with van der Waals surface area (Å²) in [6.45, 7) is 1.25. The molecule has 0 bridgehead atoms. The van der Waals surface area contributed by atoms with Crippen LogP contribution in [0.4, 0.5) is 45.5 Å². The van der Waals surface area contributed by atoms with Gasteiger partial charge in [-0.3, -0.25) is 0 Å². The van der Waals surface area contributed by atoms with Crippen LogP contribution < -0.4 is 4.90 Å². The van der Waals surface area contributed by atoms with E-state index in [0.717, 1.165) is 49.1 Å². The molecule has 0 radical (unpaired) electrons. The average molecular weight is 626 g/mol. The van der Waals surface area contributed by atoms with E-state index < -0.39 is 53.8 Å². The van der Waals surface area contributed by atoms with Gasteiger partial charge in [0.2, 0.25) is 0 Å². The van der Waals surface area contributed by atoms with Gasteiger partial charge in [-0.1, -0.05) is 30.4 Å². The standard InChI is InChI=1S/C28H32F9N5O/c1-3-43-24(18-7-5-4-6-8-18)23-10-9-20(26(29,30)31)13-19(23)16-42(25-38-40-41(2)39-25)15-17-11-21(27(32,33)34)14-22(12-17)28(35,36)37/h9,11-14,18,23-24H,3-8,10,15-16H2,1-2H3/t23?,24-/m0/s1. The van der Waals surface area contributed by atoms with Crippen LogP contribution in [0.25, 0.3) is 0 Å². The lowest BCUT2D eigenvalue weighted by molar-refractivity contribution is -0.143. The zero-order chi connectivity index (χ0) is 31.6. The Kier molecular flexibility index (Phi) is 9.82. The lowest BCUT2D eigenvalue weighted by atomic mass is 9.74. The van der Waals surface area contributed by atoms with Crippen molar-refractivity contribution in [1.82, 2.24) is 20.2 Å². The number of nitrogens with zero attached hydrogens (tertiary/aromatic N) is 5. The molecule has 15 heteroatoms. The number of halogens is 9. The quantitative estimate of drug-likeness (QED) is 0.268. The summed E-state index contributed by atoms with van der Waals surface area (Å²) < 4.78 is 129. The van der Waals surface area contributed by atoms with Crippen molar-refractivity contribution in [2.45, 2.75) is 76.6 Å². The van der Waals surface area contributed by atoms with E-state index in [1.165, 1.54) is 11.9 Å². The highest BCUT2D eigenvalue weighted by Gasteiger charge is 2.41. The molecule has 1 saturated carbocycles. The number of benzene rings is 1. The van der Waals surface area contributed by atoms with Crippen LogP contribution in [0.5, 0.6) is 0 Å². The van der Waals surface area contributed by atoms with Gasteiger partial charge in [-0.2, -0.15) is 44.3 Å². The minimum Gasteiger partial charge on any atom is -0.378 e. The predicted molar refractivity (Wildman–Crippen MR) is 139 cm³/mol. The topological polar surface area (TPSA) is 56.1 Å². The van der Waals surface area contributed by atoms with Crippen LogP contribution in [0.1, 0.15) is 62.1 Å².